The van der Waals surface area contributed by atoms with Crippen LogP contribution in [0.25, 0.3) is 0 Å². The van der Waals surface area contributed by atoms with Crippen molar-refractivity contribution in [3.05, 3.63) is 59.4 Å². The lowest BCUT2D eigenvalue weighted by molar-refractivity contribution is 0.0729. The van der Waals surface area contributed by atoms with Gasteiger partial charge in [0.15, 0.2) is 0 Å². The third kappa shape index (κ3) is 3.67. The molecule has 2 aromatic carbocycles. The first-order valence-corrected chi connectivity index (χ1v) is 7.89. The molecule has 3 rings (SSSR count). The molecule has 1 amide bonds. The number of nitrogens with zero attached hydrogens (tertiary/aromatic N) is 1. The Morgan fingerprint density at radius 2 is 1.67 bits per heavy atom. The molecule has 0 aromatic heterocycles. The Balaban J connectivity index is 1.85. The van der Waals surface area contributed by atoms with E-state index in [9.17, 15) is 9.18 Å². The van der Waals surface area contributed by atoms with Gasteiger partial charge in [0, 0.05) is 24.2 Å². The number of hydrogen-bond donors (Lipinski definition) is 0. The predicted octanol–water partition coefficient (Wildman–Crippen LogP) is 3.65. The van der Waals surface area contributed by atoms with E-state index in [1.165, 1.54) is 12.1 Å². The molecular weight excluding hydrogens is 309 g/mol. The van der Waals surface area contributed by atoms with E-state index < -0.39 is 0 Å². The largest absolute Gasteiger partial charge is 0.497 e. The first-order chi connectivity index (χ1) is 11.6. The maximum atomic E-state index is 13.1. The zero-order valence-electron chi connectivity index (χ0n) is 13.8. The van der Waals surface area contributed by atoms with Gasteiger partial charge < -0.3 is 14.4 Å². The van der Waals surface area contributed by atoms with Crippen molar-refractivity contribution in [3.8, 4) is 11.5 Å². The molecule has 1 fully saturated rings. The van der Waals surface area contributed by atoms with Crippen molar-refractivity contribution < 1.29 is 18.7 Å². The lowest BCUT2D eigenvalue weighted by atomic mass is 10.1. The number of ether oxygens (including phenoxy) is 2. The molecule has 24 heavy (non-hydrogen) atoms. The molecule has 126 valence electrons. The third-order valence-electron chi connectivity index (χ3n) is 4.11. The minimum Gasteiger partial charge on any atom is -0.497 e. The maximum absolute atomic E-state index is 13.1. The van der Waals surface area contributed by atoms with Crippen LogP contribution in [0.2, 0.25) is 0 Å². The van der Waals surface area contributed by atoms with Gasteiger partial charge in [0.05, 0.1) is 14.2 Å². The molecule has 0 unspecified atom stereocenters. The molecule has 4 nitrogen and oxygen atoms in total. The average molecular weight is 329 g/mol. The summed E-state index contributed by atoms with van der Waals surface area (Å²) in [7, 11) is 3.11. The molecule has 0 radical (unpaired) electrons. The van der Waals surface area contributed by atoms with E-state index in [1.807, 2.05) is 4.90 Å². The summed E-state index contributed by atoms with van der Waals surface area (Å²) in [4.78, 5) is 14.8. The molecule has 0 spiro atoms. The van der Waals surface area contributed by atoms with E-state index in [4.69, 9.17) is 9.47 Å². The quantitative estimate of drug-likeness (QED) is 0.812. The Morgan fingerprint density at radius 3 is 2.17 bits per heavy atom. The fourth-order valence-electron chi connectivity index (χ4n) is 2.64. The highest BCUT2D eigenvalue weighted by molar-refractivity contribution is 5.95. The summed E-state index contributed by atoms with van der Waals surface area (Å²) < 4.78 is 23.6. The van der Waals surface area contributed by atoms with E-state index in [1.54, 1.807) is 44.6 Å². The van der Waals surface area contributed by atoms with Crippen molar-refractivity contribution in [1.82, 2.24) is 4.90 Å². The van der Waals surface area contributed by atoms with Gasteiger partial charge >= 0.3 is 0 Å². The number of carbonyl (C=O) groups excluding carboxylic acids is 1. The van der Waals surface area contributed by atoms with Crippen molar-refractivity contribution in [2.24, 2.45) is 0 Å². The first-order valence-electron chi connectivity index (χ1n) is 7.89. The molecule has 1 saturated carbocycles. The van der Waals surface area contributed by atoms with Crippen LogP contribution >= 0.6 is 0 Å². The fraction of sp³-hybridized carbons (Fsp3) is 0.316. The van der Waals surface area contributed by atoms with Crippen molar-refractivity contribution >= 4 is 5.91 Å². The fourth-order valence-corrected chi connectivity index (χ4v) is 2.64. The molecule has 0 aliphatic heterocycles. The second-order valence-corrected chi connectivity index (χ2v) is 5.89. The van der Waals surface area contributed by atoms with E-state index in [0.29, 0.717) is 23.6 Å². The predicted molar refractivity (Wildman–Crippen MR) is 88.8 cm³/mol. The minimum absolute atomic E-state index is 0.0703. The van der Waals surface area contributed by atoms with Gasteiger partial charge in [-0.1, -0.05) is 12.1 Å². The molecule has 0 saturated heterocycles. The molecule has 5 heteroatoms. The van der Waals surface area contributed by atoms with Gasteiger partial charge in [0.1, 0.15) is 17.3 Å². The minimum atomic E-state index is -0.277. The number of amides is 1. The highest BCUT2D eigenvalue weighted by atomic mass is 19.1. The summed E-state index contributed by atoms with van der Waals surface area (Å²) in [6, 6.07) is 11.7. The lowest BCUT2D eigenvalue weighted by Crippen LogP contribution is -2.32. The van der Waals surface area contributed by atoms with E-state index in [2.05, 4.69) is 0 Å². The molecule has 0 bridgehead atoms. The van der Waals surface area contributed by atoms with Crippen LogP contribution in [-0.2, 0) is 6.54 Å². The number of methoxy groups -OCH3 is 2. The van der Waals surface area contributed by atoms with Crippen molar-refractivity contribution in [2.75, 3.05) is 14.2 Å². The van der Waals surface area contributed by atoms with Gasteiger partial charge in [0.25, 0.3) is 5.91 Å². The SMILES string of the molecule is COc1cc(OC)cc(C(=O)N(Cc2ccc(F)cc2)C2CC2)c1. The molecule has 1 aliphatic rings. The van der Waals surface area contributed by atoms with Crippen LogP contribution in [-0.4, -0.2) is 31.1 Å². The standard InChI is InChI=1S/C19H20FNO3/c1-23-17-9-14(10-18(11-17)24-2)19(22)21(16-7-8-16)12-13-3-5-15(20)6-4-13/h3-6,9-11,16H,7-8,12H2,1-2H3. The molecule has 0 heterocycles. The summed E-state index contributed by atoms with van der Waals surface area (Å²) in [6.07, 6.45) is 1.99. The molecule has 2 aromatic rings. The first kappa shape index (κ1) is 16.3. The number of rotatable bonds is 6. The van der Waals surface area contributed by atoms with Crippen molar-refractivity contribution in [2.45, 2.75) is 25.4 Å². The summed E-state index contributed by atoms with van der Waals surface area (Å²) >= 11 is 0. The average Bonchev–Trinajstić information content (AvgIpc) is 3.45. The number of hydrogen-bond acceptors (Lipinski definition) is 3. The van der Waals surface area contributed by atoms with Crippen LogP contribution in [0.3, 0.4) is 0 Å². The van der Waals surface area contributed by atoms with Crippen LogP contribution in [0.4, 0.5) is 4.39 Å². The smallest absolute Gasteiger partial charge is 0.254 e. The second kappa shape index (κ2) is 6.91. The van der Waals surface area contributed by atoms with Crippen LogP contribution in [0.5, 0.6) is 11.5 Å². The van der Waals surface area contributed by atoms with Crippen LogP contribution < -0.4 is 9.47 Å². The van der Waals surface area contributed by atoms with E-state index in [0.717, 1.165) is 18.4 Å². The third-order valence-corrected chi connectivity index (χ3v) is 4.11. The normalized spacial score (nSPS) is 13.5. The molecule has 0 atom stereocenters. The Bertz CT molecular complexity index is 704. The number of benzene rings is 2. The Morgan fingerprint density at radius 1 is 1.08 bits per heavy atom. The maximum Gasteiger partial charge on any atom is 0.254 e. The highest BCUT2D eigenvalue weighted by Gasteiger charge is 2.33. The Labute approximate surface area is 140 Å². The van der Waals surface area contributed by atoms with Crippen LogP contribution in [0.15, 0.2) is 42.5 Å². The zero-order chi connectivity index (χ0) is 17.1. The van der Waals surface area contributed by atoms with Crippen LogP contribution in [0.1, 0.15) is 28.8 Å². The highest BCUT2D eigenvalue weighted by Crippen LogP contribution is 2.31. The monoisotopic (exact) mass is 329 g/mol. The summed E-state index contributed by atoms with van der Waals surface area (Å²) in [5.74, 6) is 0.810. The van der Waals surface area contributed by atoms with Gasteiger partial charge in [-0.3, -0.25) is 4.79 Å². The lowest BCUT2D eigenvalue weighted by Gasteiger charge is -2.23. The summed E-state index contributed by atoms with van der Waals surface area (Å²) in [5, 5.41) is 0. The van der Waals surface area contributed by atoms with Gasteiger partial charge in [0.2, 0.25) is 0 Å². The van der Waals surface area contributed by atoms with Crippen molar-refractivity contribution in [3.63, 3.8) is 0 Å². The Hall–Kier alpha value is -2.56. The summed E-state index contributed by atoms with van der Waals surface area (Å²) in [5.41, 5.74) is 1.44. The van der Waals surface area contributed by atoms with Gasteiger partial charge in [-0.2, -0.15) is 0 Å². The van der Waals surface area contributed by atoms with E-state index in [-0.39, 0.29) is 17.8 Å². The van der Waals surface area contributed by atoms with Gasteiger partial charge in [-0.05, 0) is 42.7 Å². The zero-order valence-corrected chi connectivity index (χ0v) is 13.8. The topological polar surface area (TPSA) is 38.8 Å². The number of carbonyl (C=O) groups is 1. The number of halogens is 1. The van der Waals surface area contributed by atoms with Crippen LogP contribution in [0, 0.1) is 5.82 Å². The van der Waals surface area contributed by atoms with Crippen molar-refractivity contribution in [1.29, 1.82) is 0 Å². The molecule has 1 aliphatic carbocycles. The second-order valence-electron chi connectivity index (χ2n) is 5.89. The van der Waals surface area contributed by atoms with Gasteiger partial charge in [-0.25, -0.2) is 4.39 Å². The van der Waals surface area contributed by atoms with E-state index >= 15 is 0 Å². The summed E-state index contributed by atoms with van der Waals surface area (Å²) in [6.45, 7) is 0.462. The van der Waals surface area contributed by atoms with Gasteiger partial charge in [-0.15, -0.1) is 0 Å². The molecular formula is C19H20FNO3. The molecule has 0 N–H and O–H groups in total. The Kier molecular flexibility index (Phi) is 4.69.